The van der Waals surface area contributed by atoms with Gasteiger partial charge < -0.3 is 5.32 Å². The highest BCUT2D eigenvalue weighted by Gasteiger charge is 2.16. The van der Waals surface area contributed by atoms with Crippen LogP contribution in [0.5, 0.6) is 0 Å². The molecule has 0 spiro atoms. The first-order chi connectivity index (χ1) is 10.0. The zero-order valence-corrected chi connectivity index (χ0v) is 14.8. The summed E-state index contributed by atoms with van der Waals surface area (Å²) in [6.07, 6.45) is 1.07. The van der Waals surface area contributed by atoms with E-state index in [1.807, 2.05) is 18.2 Å². The van der Waals surface area contributed by atoms with E-state index >= 15 is 0 Å². The third-order valence-electron chi connectivity index (χ3n) is 2.75. The number of thiophene rings is 1. The van der Waals surface area contributed by atoms with Crippen molar-refractivity contribution in [2.75, 3.05) is 11.3 Å². The van der Waals surface area contributed by atoms with Crippen molar-refractivity contribution in [2.45, 2.75) is 24.1 Å². The van der Waals surface area contributed by atoms with Crippen LogP contribution in [0.1, 0.15) is 18.9 Å². The smallest absolute Gasteiger partial charge is 0.271 e. The van der Waals surface area contributed by atoms with Crippen molar-refractivity contribution in [1.82, 2.24) is 5.32 Å². The van der Waals surface area contributed by atoms with Gasteiger partial charge in [0.25, 0.3) is 10.0 Å². The number of halogens is 1. The van der Waals surface area contributed by atoms with E-state index in [1.54, 1.807) is 18.2 Å². The Morgan fingerprint density at radius 1 is 1.24 bits per heavy atom. The lowest BCUT2D eigenvalue weighted by Crippen LogP contribution is -2.15. The number of anilines is 1. The molecule has 0 atom stereocenters. The van der Waals surface area contributed by atoms with Gasteiger partial charge in [0, 0.05) is 12.2 Å². The zero-order chi connectivity index (χ0) is 15.3. The molecule has 1 heterocycles. The topological polar surface area (TPSA) is 58.2 Å². The highest BCUT2D eigenvalue weighted by atomic mass is 79.9. The lowest BCUT2D eigenvalue weighted by Gasteiger charge is -2.09. The van der Waals surface area contributed by atoms with E-state index in [9.17, 15) is 8.42 Å². The molecule has 0 aliphatic rings. The van der Waals surface area contributed by atoms with Crippen LogP contribution < -0.4 is 10.0 Å². The normalized spacial score (nSPS) is 11.5. The van der Waals surface area contributed by atoms with Crippen molar-refractivity contribution in [2.24, 2.45) is 0 Å². The fourth-order valence-corrected chi connectivity index (χ4v) is 4.86. The average Bonchev–Trinajstić information content (AvgIpc) is 2.87. The fraction of sp³-hybridized carbons (Fsp3) is 0.286. The van der Waals surface area contributed by atoms with Gasteiger partial charge in [-0.1, -0.05) is 19.1 Å². The number of nitrogens with one attached hydrogen (secondary N) is 2. The number of benzene rings is 1. The third-order valence-corrected chi connectivity index (χ3v) is 6.25. The molecule has 2 rings (SSSR count). The van der Waals surface area contributed by atoms with E-state index in [-0.39, 0.29) is 0 Å². The van der Waals surface area contributed by atoms with Gasteiger partial charge in [-0.25, -0.2) is 8.42 Å². The molecule has 1 aromatic carbocycles. The van der Waals surface area contributed by atoms with Crippen LogP contribution in [0.15, 0.2) is 44.4 Å². The van der Waals surface area contributed by atoms with Gasteiger partial charge in [0.15, 0.2) is 0 Å². The Morgan fingerprint density at radius 3 is 2.71 bits per heavy atom. The van der Waals surface area contributed by atoms with Gasteiger partial charge in [0.2, 0.25) is 0 Å². The fourth-order valence-electron chi connectivity index (χ4n) is 1.80. The lowest BCUT2D eigenvalue weighted by molar-refractivity contribution is 0.603. The molecule has 0 aliphatic carbocycles. The van der Waals surface area contributed by atoms with Crippen molar-refractivity contribution in [3.8, 4) is 0 Å². The minimum absolute atomic E-state index is 0.295. The van der Waals surface area contributed by atoms with E-state index in [0.717, 1.165) is 28.9 Å². The second-order valence-electron chi connectivity index (χ2n) is 4.54. The van der Waals surface area contributed by atoms with Crippen LogP contribution in [-0.4, -0.2) is 15.0 Å². The summed E-state index contributed by atoms with van der Waals surface area (Å²) in [7, 11) is -3.52. The summed E-state index contributed by atoms with van der Waals surface area (Å²) in [5.74, 6) is 0. The number of hydrogen-bond donors (Lipinski definition) is 2. The molecule has 2 N–H and O–H groups in total. The van der Waals surface area contributed by atoms with Gasteiger partial charge in [-0.2, -0.15) is 0 Å². The minimum Gasteiger partial charge on any atom is -0.313 e. The summed E-state index contributed by atoms with van der Waals surface area (Å²) < 4.78 is 28.2. The van der Waals surface area contributed by atoms with Gasteiger partial charge in [-0.05, 0) is 58.7 Å². The predicted octanol–water partition coefficient (Wildman–Crippen LogP) is 3.81. The van der Waals surface area contributed by atoms with Gasteiger partial charge in [-0.15, -0.1) is 11.3 Å². The van der Waals surface area contributed by atoms with Gasteiger partial charge >= 0.3 is 0 Å². The van der Waals surface area contributed by atoms with E-state index < -0.39 is 10.0 Å². The summed E-state index contributed by atoms with van der Waals surface area (Å²) >= 11 is 4.46. The first kappa shape index (κ1) is 16.5. The maximum atomic E-state index is 12.2. The molecule has 2 aromatic rings. The zero-order valence-electron chi connectivity index (χ0n) is 11.6. The van der Waals surface area contributed by atoms with Crippen LogP contribution in [-0.2, 0) is 16.6 Å². The van der Waals surface area contributed by atoms with Crippen LogP contribution in [0.25, 0.3) is 0 Å². The Bertz CT molecular complexity index is 699. The molecule has 0 bridgehead atoms. The molecule has 21 heavy (non-hydrogen) atoms. The Balaban J connectivity index is 2.10. The first-order valence-corrected chi connectivity index (χ1v) is 9.68. The lowest BCUT2D eigenvalue weighted by atomic mass is 10.2. The molecular weight excluding hydrogens is 372 g/mol. The molecule has 0 aliphatic heterocycles. The third kappa shape index (κ3) is 4.81. The second kappa shape index (κ2) is 7.40. The quantitative estimate of drug-likeness (QED) is 0.708. The molecule has 7 heteroatoms. The van der Waals surface area contributed by atoms with Crippen molar-refractivity contribution < 1.29 is 8.42 Å². The molecule has 0 unspecified atom stereocenters. The number of sulfonamides is 1. The van der Waals surface area contributed by atoms with E-state index in [2.05, 4.69) is 32.9 Å². The number of hydrogen-bond acceptors (Lipinski definition) is 4. The van der Waals surface area contributed by atoms with E-state index in [0.29, 0.717) is 9.90 Å². The first-order valence-electron chi connectivity index (χ1n) is 6.59. The average molecular weight is 389 g/mol. The van der Waals surface area contributed by atoms with Gasteiger partial charge in [0.1, 0.15) is 4.21 Å². The maximum absolute atomic E-state index is 12.2. The summed E-state index contributed by atoms with van der Waals surface area (Å²) in [6.45, 7) is 3.78. The monoisotopic (exact) mass is 388 g/mol. The highest BCUT2D eigenvalue weighted by molar-refractivity contribution is 9.11. The van der Waals surface area contributed by atoms with Crippen LogP contribution >= 0.6 is 27.3 Å². The van der Waals surface area contributed by atoms with Crippen LogP contribution in [0.4, 0.5) is 5.69 Å². The van der Waals surface area contributed by atoms with Gasteiger partial charge in [-0.3, -0.25) is 4.72 Å². The molecule has 0 radical (unpaired) electrons. The Morgan fingerprint density at radius 2 is 2.05 bits per heavy atom. The molecular formula is C14H17BrN2O2S2. The second-order valence-corrected chi connectivity index (χ2v) is 8.91. The molecule has 0 fully saturated rings. The molecule has 0 saturated heterocycles. The standard InChI is InChI=1S/C14H17BrN2O2S2/c1-2-8-16-10-11-4-3-5-12(9-11)17-21(18,19)14-7-6-13(15)20-14/h3-7,9,16-17H,2,8,10H2,1H3. The Labute approximate surface area is 137 Å². The van der Waals surface area contributed by atoms with Crippen LogP contribution in [0.2, 0.25) is 0 Å². The molecule has 1 aromatic heterocycles. The van der Waals surface area contributed by atoms with Crippen molar-refractivity contribution >= 4 is 43.0 Å². The maximum Gasteiger partial charge on any atom is 0.271 e. The Kier molecular flexibility index (Phi) is 5.80. The summed E-state index contributed by atoms with van der Waals surface area (Å²) in [4.78, 5) is 0. The van der Waals surface area contributed by atoms with Crippen LogP contribution in [0, 0.1) is 0 Å². The van der Waals surface area contributed by atoms with Crippen LogP contribution in [0.3, 0.4) is 0 Å². The largest absolute Gasteiger partial charge is 0.313 e. The van der Waals surface area contributed by atoms with Crippen molar-refractivity contribution in [3.63, 3.8) is 0 Å². The molecule has 0 saturated carbocycles. The van der Waals surface area contributed by atoms with Crippen molar-refractivity contribution in [3.05, 3.63) is 45.7 Å². The van der Waals surface area contributed by atoms with E-state index in [4.69, 9.17) is 0 Å². The molecule has 114 valence electrons. The molecule has 0 amide bonds. The summed E-state index contributed by atoms with van der Waals surface area (Å²) in [5.41, 5.74) is 1.63. The van der Waals surface area contributed by atoms with E-state index in [1.165, 1.54) is 11.3 Å². The SMILES string of the molecule is CCCNCc1cccc(NS(=O)(=O)c2ccc(Br)s2)c1. The Hall–Kier alpha value is -0.890. The van der Waals surface area contributed by atoms with Crippen molar-refractivity contribution in [1.29, 1.82) is 0 Å². The summed E-state index contributed by atoms with van der Waals surface area (Å²) in [6, 6.07) is 10.7. The predicted molar refractivity (Wildman–Crippen MR) is 91.3 cm³/mol. The minimum atomic E-state index is -3.52. The molecule has 4 nitrogen and oxygen atoms in total. The highest BCUT2D eigenvalue weighted by Crippen LogP contribution is 2.27. The summed E-state index contributed by atoms with van der Waals surface area (Å²) in [5, 5.41) is 3.30. The van der Waals surface area contributed by atoms with Gasteiger partial charge in [0.05, 0.1) is 3.79 Å². The number of rotatable bonds is 7.